The first-order valence-corrected chi connectivity index (χ1v) is 6.73. The number of thioether (sulfide) groups is 1. The van der Waals surface area contributed by atoms with Gasteiger partial charge >= 0.3 is 0 Å². The van der Waals surface area contributed by atoms with Crippen LogP contribution in [0.1, 0.15) is 13.3 Å². The minimum atomic E-state index is 0.909. The summed E-state index contributed by atoms with van der Waals surface area (Å²) in [6, 6.07) is 10.7. The monoisotopic (exact) mass is 221 g/mol. The number of rotatable bonds is 4. The first-order valence-electron chi connectivity index (χ1n) is 5.75. The Morgan fingerprint density at radius 1 is 1.33 bits per heavy atom. The standard InChI is InChI=1S/C13H19NS/c1-12-7-8-14(11-12)9-10-15-13-5-3-2-4-6-13/h2-6,12H,7-11H2,1H3. The predicted octanol–water partition coefficient (Wildman–Crippen LogP) is 3.12. The topological polar surface area (TPSA) is 3.24 Å². The molecule has 2 heteroatoms. The highest BCUT2D eigenvalue weighted by Gasteiger charge is 2.17. The summed E-state index contributed by atoms with van der Waals surface area (Å²) in [5.41, 5.74) is 0. The van der Waals surface area contributed by atoms with Gasteiger partial charge in [0.2, 0.25) is 0 Å². The van der Waals surface area contributed by atoms with Crippen LogP contribution < -0.4 is 0 Å². The second kappa shape index (κ2) is 5.57. The SMILES string of the molecule is CC1CCN(CCSc2ccccc2)C1. The second-order valence-electron chi connectivity index (χ2n) is 4.36. The van der Waals surface area contributed by atoms with Crippen molar-refractivity contribution in [3.8, 4) is 0 Å². The Hall–Kier alpha value is -0.470. The van der Waals surface area contributed by atoms with Crippen LogP contribution in [0.2, 0.25) is 0 Å². The smallest absolute Gasteiger partial charge is 0.0108 e. The molecule has 1 aromatic rings. The minimum Gasteiger partial charge on any atom is -0.302 e. The van der Waals surface area contributed by atoms with Gasteiger partial charge in [0.25, 0.3) is 0 Å². The molecule has 0 bridgehead atoms. The van der Waals surface area contributed by atoms with Crippen LogP contribution in [-0.4, -0.2) is 30.3 Å². The summed E-state index contributed by atoms with van der Waals surface area (Å²) in [4.78, 5) is 3.98. The lowest BCUT2D eigenvalue weighted by atomic mass is 10.2. The molecule has 15 heavy (non-hydrogen) atoms. The van der Waals surface area contributed by atoms with Crippen LogP contribution in [0.25, 0.3) is 0 Å². The molecule has 1 atom stereocenters. The summed E-state index contributed by atoms with van der Waals surface area (Å²) in [6.07, 6.45) is 1.38. The van der Waals surface area contributed by atoms with Crippen molar-refractivity contribution in [1.29, 1.82) is 0 Å². The Kier molecular flexibility index (Phi) is 4.09. The summed E-state index contributed by atoms with van der Waals surface area (Å²) < 4.78 is 0. The first-order chi connectivity index (χ1) is 7.34. The van der Waals surface area contributed by atoms with Crippen molar-refractivity contribution in [3.05, 3.63) is 30.3 Å². The van der Waals surface area contributed by atoms with Crippen LogP contribution >= 0.6 is 11.8 Å². The Bertz CT molecular complexity index is 286. The Morgan fingerprint density at radius 3 is 2.80 bits per heavy atom. The van der Waals surface area contributed by atoms with E-state index in [1.165, 1.54) is 36.7 Å². The molecule has 2 rings (SSSR count). The normalized spacial score (nSPS) is 22.1. The maximum Gasteiger partial charge on any atom is 0.0108 e. The molecule has 0 N–H and O–H groups in total. The van der Waals surface area contributed by atoms with Gasteiger partial charge in [0.05, 0.1) is 0 Å². The number of hydrogen-bond acceptors (Lipinski definition) is 2. The lowest BCUT2D eigenvalue weighted by molar-refractivity contribution is 0.349. The fourth-order valence-electron chi connectivity index (χ4n) is 2.04. The van der Waals surface area contributed by atoms with Crippen molar-refractivity contribution in [2.24, 2.45) is 5.92 Å². The highest BCUT2D eigenvalue weighted by molar-refractivity contribution is 7.99. The van der Waals surface area contributed by atoms with Gasteiger partial charge in [-0.2, -0.15) is 0 Å². The summed E-state index contributed by atoms with van der Waals surface area (Å²) in [6.45, 7) is 6.19. The average Bonchev–Trinajstić information content (AvgIpc) is 2.66. The molecule has 1 fully saturated rings. The van der Waals surface area contributed by atoms with E-state index >= 15 is 0 Å². The molecular formula is C13H19NS. The third kappa shape index (κ3) is 3.54. The van der Waals surface area contributed by atoms with Crippen LogP contribution in [-0.2, 0) is 0 Å². The van der Waals surface area contributed by atoms with Gasteiger partial charge in [-0.1, -0.05) is 25.1 Å². The zero-order valence-corrected chi connectivity index (χ0v) is 10.2. The minimum absolute atomic E-state index is 0.909. The van der Waals surface area contributed by atoms with Gasteiger partial charge in [0.1, 0.15) is 0 Å². The van der Waals surface area contributed by atoms with Crippen LogP contribution in [0.15, 0.2) is 35.2 Å². The molecule has 1 nitrogen and oxygen atoms in total. The van der Waals surface area contributed by atoms with E-state index in [4.69, 9.17) is 0 Å². The van der Waals surface area contributed by atoms with Gasteiger partial charge in [0.15, 0.2) is 0 Å². The van der Waals surface area contributed by atoms with Gasteiger partial charge in [-0.25, -0.2) is 0 Å². The number of nitrogens with zero attached hydrogens (tertiary/aromatic N) is 1. The molecular weight excluding hydrogens is 202 g/mol. The molecule has 0 spiro atoms. The van der Waals surface area contributed by atoms with Crippen LogP contribution in [0.4, 0.5) is 0 Å². The summed E-state index contributed by atoms with van der Waals surface area (Å²) in [5.74, 6) is 2.13. The molecule has 0 radical (unpaired) electrons. The Balaban J connectivity index is 1.67. The molecule has 1 aliphatic rings. The fourth-order valence-corrected chi connectivity index (χ4v) is 2.97. The van der Waals surface area contributed by atoms with Crippen LogP contribution in [0, 0.1) is 5.92 Å². The maximum atomic E-state index is 2.58. The molecule has 1 heterocycles. The van der Waals surface area contributed by atoms with Crippen molar-refractivity contribution in [2.45, 2.75) is 18.2 Å². The summed E-state index contributed by atoms with van der Waals surface area (Å²) in [5, 5.41) is 0. The van der Waals surface area contributed by atoms with Crippen molar-refractivity contribution < 1.29 is 0 Å². The van der Waals surface area contributed by atoms with Crippen LogP contribution in [0.3, 0.4) is 0 Å². The zero-order valence-electron chi connectivity index (χ0n) is 9.36. The fraction of sp³-hybridized carbons (Fsp3) is 0.538. The molecule has 0 amide bonds. The average molecular weight is 221 g/mol. The second-order valence-corrected chi connectivity index (χ2v) is 5.52. The number of benzene rings is 1. The third-order valence-corrected chi connectivity index (χ3v) is 3.92. The van der Waals surface area contributed by atoms with E-state index in [1.807, 2.05) is 11.8 Å². The molecule has 0 aliphatic carbocycles. The maximum absolute atomic E-state index is 2.58. The molecule has 0 aromatic heterocycles. The molecule has 1 saturated heterocycles. The van der Waals surface area contributed by atoms with Gasteiger partial charge in [-0.05, 0) is 31.0 Å². The van der Waals surface area contributed by atoms with E-state index in [-0.39, 0.29) is 0 Å². The lowest BCUT2D eigenvalue weighted by Gasteiger charge is -2.14. The molecule has 1 aliphatic heterocycles. The number of hydrogen-bond donors (Lipinski definition) is 0. The summed E-state index contributed by atoms with van der Waals surface area (Å²) >= 11 is 1.97. The highest BCUT2D eigenvalue weighted by atomic mass is 32.2. The Morgan fingerprint density at radius 2 is 2.13 bits per heavy atom. The van der Waals surface area contributed by atoms with E-state index in [1.54, 1.807) is 0 Å². The summed E-state index contributed by atoms with van der Waals surface area (Å²) in [7, 11) is 0. The Labute approximate surface area is 96.9 Å². The first kappa shape index (κ1) is 11.0. The van der Waals surface area contributed by atoms with Gasteiger partial charge < -0.3 is 4.90 Å². The lowest BCUT2D eigenvalue weighted by Crippen LogP contribution is -2.22. The van der Waals surface area contributed by atoms with E-state index in [0.717, 1.165) is 5.92 Å². The van der Waals surface area contributed by atoms with Crippen LogP contribution in [0.5, 0.6) is 0 Å². The van der Waals surface area contributed by atoms with Gasteiger partial charge in [0, 0.05) is 23.7 Å². The highest BCUT2D eigenvalue weighted by Crippen LogP contribution is 2.19. The van der Waals surface area contributed by atoms with Crippen molar-refractivity contribution >= 4 is 11.8 Å². The van der Waals surface area contributed by atoms with Crippen molar-refractivity contribution in [3.63, 3.8) is 0 Å². The molecule has 82 valence electrons. The number of likely N-dealkylation sites (tertiary alicyclic amines) is 1. The quantitative estimate of drug-likeness (QED) is 0.719. The molecule has 0 saturated carbocycles. The van der Waals surface area contributed by atoms with Gasteiger partial charge in [-0.3, -0.25) is 0 Å². The van der Waals surface area contributed by atoms with E-state index < -0.39 is 0 Å². The largest absolute Gasteiger partial charge is 0.302 e. The molecule has 1 aromatic carbocycles. The van der Waals surface area contributed by atoms with Crippen molar-refractivity contribution in [2.75, 3.05) is 25.4 Å². The van der Waals surface area contributed by atoms with E-state index in [0.29, 0.717) is 0 Å². The van der Waals surface area contributed by atoms with Crippen molar-refractivity contribution in [1.82, 2.24) is 4.90 Å². The van der Waals surface area contributed by atoms with E-state index in [9.17, 15) is 0 Å². The zero-order chi connectivity index (χ0) is 10.5. The third-order valence-electron chi connectivity index (χ3n) is 2.93. The van der Waals surface area contributed by atoms with Gasteiger partial charge in [-0.15, -0.1) is 11.8 Å². The predicted molar refractivity (Wildman–Crippen MR) is 67.4 cm³/mol. The molecule has 1 unspecified atom stereocenters. The van der Waals surface area contributed by atoms with E-state index in [2.05, 4.69) is 42.2 Å².